The summed E-state index contributed by atoms with van der Waals surface area (Å²) in [6.45, 7) is 5.85. The van der Waals surface area contributed by atoms with Gasteiger partial charge in [-0.1, -0.05) is 19.9 Å². The Balaban J connectivity index is 1.89. The van der Waals surface area contributed by atoms with E-state index in [2.05, 4.69) is 19.2 Å². The van der Waals surface area contributed by atoms with Crippen molar-refractivity contribution < 1.29 is 19.1 Å². The molecule has 1 fully saturated rings. The molecule has 1 aliphatic rings. The second-order valence-electron chi connectivity index (χ2n) is 6.82. The Hall–Kier alpha value is -2.24. The van der Waals surface area contributed by atoms with E-state index in [9.17, 15) is 9.59 Å². The van der Waals surface area contributed by atoms with E-state index in [1.54, 1.807) is 19.1 Å². The summed E-state index contributed by atoms with van der Waals surface area (Å²) < 4.78 is 10.5. The monoisotopic (exact) mass is 348 g/mol. The van der Waals surface area contributed by atoms with Crippen molar-refractivity contribution in [2.45, 2.75) is 26.7 Å². The summed E-state index contributed by atoms with van der Waals surface area (Å²) in [4.78, 5) is 26.1. The van der Waals surface area contributed by atoms with Crippen LogP contribution in [0.5, 0.6) is 11.5 Å². The minimum Gasteiger partial charge on any atom is -0.493 e. The van der Waals surface area contributed by atoms with Crippen LogP contribution in [0.25, 0.3) is 0 Å². The lowest BCUT2D eigenvalue weighted by Crippen LogP contribution is -2.35. The molecular formula is C19H28N2O4. The molecule has 0 aliphatic carbocycles. The van der Waals surface area contributed by atoms with Gasteiger partial charge in [0.15, 0.2) is 11.5 Å². The quantitative estimate of drug-likeness (QED) is 0.779. The zero-order chi connectivity index (χ0) is 18.4. The molecule has 1 heterocycles. The van der Waals surface area contributed by atoms with Gasteiger partial charge >= 0.3 is 0 Å². The molecule has 1 N–H and O–H groups in total. The van der Waals surface area contributed by atoms with Crippen LogP contribution in [0, 0.1) is 11.8 Å². The van der Waals surface area contributed by atoms with Crippen LogP contribution < -0.4 is 14.8 Å². The summed E-state index contributed by atoms with van der Waals surface area (Å²) >= 11 is 0. The third-order valence-corrected chi connectivity index (χ3v) is 4.39. The Morgan fingerprint density at radius 3 is 2.64 bits per heavy atom. The van der Waals surface area contributed by atoms with Gasteiger partial charge in [-0.15, -0.1) is 0 Å². The van der Waals surface area contributed by atoms with E-state index < -0.39 is 0 Å². The zero-order valence-electron chi connectivity index (χ0n) is 15.5. The SMILES string of the molecule is COc1ccc(CCN2C[C@@H](C(=O)NCC(C)C)CC2=O)cc1OC. The zero-order valence-corrected chi connectivity index (χ0v) is 15.5. The first-order valence-electron chi connectivity index (χ1n) is 8.71. The first kappa shape index (κ1) is 19.1. The number of methoxy groups -OCH3 is 2. The predicted molar refractivity (Wildman–Crippen MR) is 95.8 cm³/mol. The number of nitrogens with one attached hydrogen (secondary N) is 1. The topological polar surface area (TPSA) is 67.9 Å². The molecule has 0 radical (unpaired) electrons. The second-order valence-corrected chi connectivity index (χ2v) is 6.82. The number of benzene rings is 1. The van der Waals surface area contributed by atoms with E-state index in [4.69, 9.17) is 9.47 Å². The average molecular weight is 348 g/mol. The van der Waals surface area contributed by atoms with Crippen LogP contribution >= 0.6 is 0 Å². The Labute approximate surface area is 149 Å². The number of amides is 2. The van der Waals surface area contributed by atoms with E-state index in [-0.39, 0.29) is 17.7 Å². The minimum absolute atomic E-state index is 0.0179. The Bertz CT molecular complexity index is 615. The highest BCUT2D eigenvalue weighted by Crippen LogP contribution is 2.28. The van der Waals surface area contributed by atoms with E-state index in [0.29, 0.717) is 49.9 Å². The normalized spacial score (nSPS) is 17.1. The summed E-state index contributed by atoms with van der Waals surface area (Å²) in [6.07, 6.45) is 1.02. The van der Waals surface area contributed by atoms with Crippen LogP contribution in [0.15, 0.2) is 18.2 Å². The average Bonchev–Trinajstić information content (AvgIpc) is 2.98. The lowest BCUT2D eigenvalue weighted by atomic mass is 10.1. The molecule has 1 atom stereocenters. The summed E-state index contributed by atoms with van der Waals surface area (Å²) in [7, 11) is 3.21. The number of likely N-dealkylation sites (tertiary alicyclic amines) is 1. The van der Waals surface area contributed by atoms with Gasteiger partial charge in [-0.2, -0.15) is 0 Å². The van der Waals surface area contributed by atoms with Crippen LogP contribution in [0.1, 0.15) is 25.8 Å². The van der Waals surface area contributed by atoms with Crippen molar-refractivity contribution in [2.24, 2.45) is 11.8 Å². The van der Waals surface area contributed by atoms with Gasteiger partial charge in [-0.05, 0) is 30.0 Å². The first-order chi connectivity index (χ1) is 11.9. The van der Waals surface area contributed by atoms with E-state index in [0.717, 1.165) is 5.56 Å². The second kappa shape index (κ2) is 8.74. The van der Waals surface area contributed by atoms with Crippen LogP contribution in [-0.2, 0) is 16.0 Å². The third kappa shape index (κ3) is 5.11. The number of hydrogen-bond donors (Lipinski definition) is 1. The van der Waals surface area contributed by atoms with Crippen molar-refractivity contribution in [3.8, 4) is 11.5 Å². The molecular weight excluding hydrogens is 320 g/mol. The third-order valence-electron chi connectivity index (χ3n) is 4.39. The van der Waals surface area contributed by atoms with E-state index in [1.807, 2.05) is 18.2 Å². The van der Waals surface area contributed by atoms with Gasteiger partial charge in [0.1, 0.15) is 0 Å². The fraction of sp³-hybridized carbons (Fsp3) is 0.579. The molecule has 6 heteroatoms. The fourth-order valence-electron chi connectivity index (χ4n) is 2.91. The van der Waals surface area contributed by atoms with Gasteiger partial charge in [0, 0.05) is 26.1 Å². The van der Waals surface area contributed by atoms with Crippen LogP contribution in [-0.4, -0.2) is 50.6 Å². The van der Waals surface area contributed by atoms with Gasteiger partial charge in [-0.25, -0.2) is 0 Å². The molecule has 1 aromatic carbocycles. The van der Waals surface area contributed by atoms with E-state index in [1.165, 1.54) is 0 Å². The number of ether oxygens (including phenoxy) is 2. The standard InChI is InChI=1S/C19H28N2O4/c1-13(2)11-20-19(23)15-10-18(22)21(12-15)8-7-14-5-6-16(24-3)17(9-14)25-4/h5-6,9,13,15H,7-8,10-12H2,1-4H3,(H,20,23)/t15-/m0/s1. The number of hydrogen-bond acceptors (Lipinski definition) is 4. The van der Waals surface area contributed by atoms with Gasteiger partial charge in [0.05, 0.1) is 20.1 Å². The molecule has 0 bridgehead atoms. The number of nitrogens with zero attached hydrogens (tertiary/aromatic N) is 1. The van der Waals surface area contributed by atoms with Gasteiger partial charge in [0.25, 0.3) is 0 Å². The van der Waals surface area contributed by atoms with Crippen molar-refractivity contribution in [3.05, 3.63) is 23.8 Å². The minimum atomic E-state index is -0.239. The van der Waals surface area contributed by atoms with Gasteiger partial charge in [0.2, 0.25) is 11.8 Å². The molecule has 138 valence electrons. The molecule has 0 aromatic heterocycles. The van der Waals surface area contributed by atoms with Crippen LogP contribution in [0.4, 0.5) is 0 Å². The van der Waals surface area contributed by atoms with Gasteiger partial charge < -0.3 is 19.7 Å². The molecule has 2 amide bonds. The fourth-order valence-corrected chi connectivity index (χ4v) is 2.91. The lowest BCUT2D eigenvalue weighted by Gasteiger charge is -2.17. The summed E-state index contributed by atoms with van der Waals surface area (Å²) in [5.74, 6) is 1.56. The number of rotatable bonds is 8. The van der Waals surface area contributed by atoms with Crippen molar-refractivity contribution >= 4 is 11.8 Å². The maximum atomic E-state index is 12.2. The summed E-state index contributed by atoms with van der Waals surface area (Å²) in [5, 5.41) is 2.92. The highest BCUT2D eigenvalue weighted by atomic mass is 16.5. The van der Waals surface area contributed by atoms with Crippen molar-refractivity contribution in [1.29, 1.82) is 0 Å². The van der Waals surface area contributed by atoms with E-state index >= 15 is 0 Å². The predicted octanol–water partition coefficient (Wildman–Crippen LogP) is 1.87. The Morgan fingerprint density at radius 2 is 2.00 bits per heavy atom. The molecule has 1 aliphatic heterocycles. The largest absolute Gasteiger partial charge is 0.493 e. The molecule has 6 nitrogen and oxygen atoms in total. The maximum absolute atomic E-state index is 12.2. The molecule has 1 aromatic rings. The van der Waals surface area contributed by atoms with Crippen molar-refractivity contribution in [1.82, 2.24) is 10.2 Å². The summed E-state index contributed by atoms with van der Waals surface area (Å²) in [6, 6.07) is 5.75. The Morgan fingerprint density at radius 1 is 1.28 bits per heavy atom. The molecule has 2 rings (SSSR count). The van der Waals surface area contributed by atoms with Crippen molar-refractivity contribution in [2.75, 3.05) is 33.9 Å². The summed E-state index contributed by atoms with van der Waals surface area (Å²) in [5.41, 5.74) is 1.07. The number of carbonyl (C=O) groups excluding carboxylic acids is 2. The smallest absolute Gasteiger partial charge is 0.225 e. The highest BCUT2D eigenvalue weighted by molar-refractivity contribution is 5.89. The number of carbonyl (C=O) groups is 2. The molecule has 0 saturated carbocycles. The highest BCUT2D eigenvalue weighted by Gasteiger charge is 2.33. The van der Waals surface area contributed by atoms with Crippen molar-refractivity contribution in [3.63, 3.8) is 0 Å². The van der Waals surface area contributed by atoms with Crippen LogP contribution in [0.3, 0.4) is 0 Å². The maximum Gasteiger partial charge on any atom is 0.225 e. The lowest BCUT2D eigenvalue weighted by molar-refractivity contribution is -0.129. The molecule has 25 heavy (non-hydrogen) atoms. The molecule has 0 spiro atoms. The van der Waals surface area contributed by atoms with Gasteiger partial charge in [-0.3, -0.25) is 9.59 Å². The molecule has 1 saturated heterocycles. The Kier molecular flexibility index (Phi) is 6.67. The first-order valence-corrected chi connectivity index (χ1v) is 8.71. The van der Waals surface area contributed by atoms with Crippen LogP contribution in [0.2, 0.25) is 0 Å². The molecule has 0 unspecified atom stereocenters.